The predicted octanol–water partition coefficient (Wildman–Crippen LogP) is 4.17. The number of carbonyl (C=O) groups excluding carboxylic acids is 1. The van der Waals surface area contributed by atoms with Crippen LogP contribution in [0.5, 0.6) is 0 Å². The zero-order valence-electron chi connectivity index (χ0n) is 20.0. The molecule has 1 aliphatic heterocycles. The van der Waals surface area contributed by atoms with Crippen molar-refractivity contribution < 1.29 is 16.4 Å². The number of likely N-dealkylation sites (tertiary alicyclic amines) is 1. The highest BCUT2D eigenvalue weighted by Crippen LogP contribution is 2.34. The third-order valence-electron chi connectivity index (χ3n) is 4.77. The van der Waals surface area contributed by atoms with Gasteiger partial charge in [-0.15, -0.1) is 11.3 Å². The molecule has 5 heteroatoms. The number of thiophene rings is 1. The smallest absolute Gasteiger partial charge is 0.229 e. The van der Waals surface area contributed by atoms with Crippen LogP contribution >= 0.6 is 11.3 Å². The van der Waals surface area contributed by atoms with Crippen LogP contribution in [0.4, 0.5) is 5.69 Å². The van der Waals surface area contributed by atoms with Gasteiger partial charge < -0.3 is 9.64 Å². The van der Waals surface area contributed by atoms with Gasteiger partial charge in [0.2, 0.25) is 5.91 Å². The molecule has 1 aliphatic rings. The van der Waals surface area contributed by atoms with E-state index >= 15 is 0 Å². The molecule has 1 aromatic carbocycles. The maximum Gasteiger partial charge on any atom is 0.229 e. The van der Waals surface area contributed by atoms with Crippen LogP contribution in [-0.2, 0) is 16.0 Å². The van der Waals surface area contributed by atoms with Crippen molar-refractivity contribution in [2.75, 3.05) is 31.5 Å². The predicted molar refractivity (Wildman–Crippen MR) is 108 cm³/mol. The maximum absolute atomic E-state index is 13.0. The van der Waals surface area contributed by atoms with E-state index in [0.29, 0.717) is 5.69 Å². The lowest BCUT2D eigenvalue weighted by atomic mass is 9.96. The Labute approximate surface area is 167 Å². The number of ether oxygens (including phenoxy) is 1. The van der Waals surface area contributed by atoms with E-state index < -0.39 is 19.3 Å². The first-order chi connectivity index (χ1) is 14.6. The summed E-state index contributed by atoms with van der Waals surface area (Å²) in [4.78, 5) is 17.1. The molecule has 2 aromatic rings. The number of anilines is 1. The number of para-hydroxylation sites is 1. The fraction of sp³-hybridized carbons (Fsp3) is 0.476. The highest BCUT2D eigenvalue weighted by molar-refractivity contribution is 7.09. The third kappa shape index (κ3) is 4.17. The van der Waals surface area contributed by atoms with Gasteiger partial charge in [-0.2, -0.15) is 0 Å². The minimum absolute atomic E-state index is 0.190. The van der Waals surface area contributed by atoms with Crippen LogP contribution in [0.25, 0.3) is 0 Å². The van der Waals surface area contributed by atoms with Crippen molar-refractivity contribution in [3.05, 3.63) is 52.7 Å². The van der Waals surface area contributed by atoms with Crippen LogP contribution in [0.3, 0.4) is 0 Å². The van der Waals surface area contributed by atoms with Gasteiger partial charge in [-0.05, 0) is 30.0 Å². The van der Waals surface area contributed by atoms with Crippen LogP contribution in [0.2, 0.25) is 0 Å². The van der Waals surface area contributed by atoms with Crippen LogP contribution in [0.1, 0.15) is 37.9 Å². The minimum Gasteiger partial charge on any atom is -0.358 e. The topological polar surface area (TPSA) is 32.8 Å². The fourth-order valence-electron chi connectivity index (χ4n) is 3.33. The van der Waals surface area contributed by atoms with Crippen LogP contribution < -0.4 is 4.90 Å². The Balaban J connectivity index is 1.89. The molecule has 0 aliphatic carbocycles. The molecule has 4 nitrogen and oxygen atoms in total. The van der Waals surface area contributed by atoms with Gasteiger partial charge in [-0.3, -0.25) is 9.69 Å². The zero-order valence-corrected chi connectivity index (χ0v) is 15.8. The van der Waals surface area contributed by atoms with Gasteiger partial charge in [0.05, 0.1) is 4.11 Å². The second-order valence-electron chi connectivity index (χ2n) is 6.37. The van der Waals surface area contributed by atoms with Gasteiger partial charge in [0.1, 0.15) is 5.72 Å². The number of amides is 1. The highest BCUT2D eigenvalue weighted by atomic mass is 32.1. The number of nitrogens with zero attached hydrogens (tertiary/aromatic N) is 2. The number of benzene rings is 1. The van der Waals surface area contributed by atoms with E-state index in [-0.39, 0.29) is 44.7 Å². The molecule has 1 fully saturated rings. The first-order valence-corrected chi connectivity index (χ1v) is 9.80. The largest absolute Gasteiger partial charge is 0.358 e. The van der Waals surface area contributed by atoms with E-state index in [1.54, 1.807) is 36.1 Å². The Bertz CT molecular complexity index is 850. The molecular weight excluding hydrogens is 344 g/mol. The summed E-state index contributed by atoms with van der Waals surface area (Å²) in [7, 11) is -2.70. The molecule has 1 aromatic heterocycles. The van der Waals surface area contributed by atoms with Gasteiger partial charge in [0.15, 0.2) is 0 Å². The van der Waals surface area contributed by atoms with Crippen LogP contribution in [0.15, 0.2) is 47.8 Å². The lowest BCUT2D eigenvalue weighted by Gasteiger charge is -2.47. The lowest BCUT2D eigenvalue weighted by molar-refractivity contribution is -0.128. The Morgan fingerprint density at radius 3 is 2.69 bits per heavy atom. The molecule has 26 heavy (non-hydrogen) atoms. The molecule has 0 radical (unpaired) electrons. The van der Waals surface area contributed by atoms with Gasteiger partial charge in [0.25, 0.3) is 0 Å². The molecule has 0 N–H and O–H groups in total. The summed E-state index contributed by atoms with van der Waals surface area (Å²) in [5.74, 6) is -0.231. The number of aryl methyl sites for hydroxylation is 1. The lowest BCUT2D eigenvalue weighted by Crippen LogP contribution is -2.59. The normalized spacial score (nSPS) is 21.0. The number of hydrogen-bond acceptors (Lipinski definition) is 4. The second-order valence-corrected chi connectivity index (χ2v) is 7.40. The van der Waals surface area contributed by atoms with Gasteiger partial charge in [0, 0.05) is 59.2 Å². The number of piperidine rings is 1. The molecule has 0 unspecified atom stereocenters. The van der Waals surface area contributed by atoms with Crippen molar-refractivity contribution >= 4 is 22.9 Å². The maximum atomic E-state index is 13.0. The summed E-state index contributed by atoms with van der Waals surface area (Å²) in [5, 5.41) is 1.92. The first-order valence-electron chi connectivity index (χ1n) is 11.4. The van der Waals surface area contributed by atoms with Crippen molar-refractivity contribution in [2.24, 2.45) is 0 Å². The quantitative estimate of drug-likeness (QED) is 0.679. The Kier molecular flexibility index (Phi) is 4.56. The fourth-order valence-corrected chi connectivity index (χ4v) is 3.97. The van der Waals surface area contributed by atoms with E-state index in [9.17, 15) is 4.79 Å². The Morgan fingerprint density at radius 2 is 2.08 bits per heavy atom. The SMILES string of the molecule is [2H]C([2H])([2H])OC1(N(C(=O)CC)c2ccccc2)CCN(C([2H])([2H])Cc2cccs2)CC1. The van der Waals surface area contributed by atoms with Crippen molar-refractivity contribution in [3.63, 3.8) is 0 Å². The van der Waals surface area contributed by atoms with E-state index in [4.69, 9.17) is 11.6 Å². The number of hydrogen-bond donors (Lipinski definition) is 0. The summed E-state index contributed by atoms with van der Waals surface area (Å²) in [6.07, 6.45) is 0.837. The number of carbonyl (C=O) groups is 1. The monoisotopic (exact) mass is 377 g/mol. The molecule has 140 valence electrons. The molecule has 1 amide bonds. The summed E-state index contributed by atoms with van der Waals surface area (Å²) in [5.41, 5.74) is -0.788. The number of rotatable bonds is 7. The van der Waals surface area contributed by atoms with Gasteiger partial charge in [-0.25, -0.2) is 0 Å². The molecule has 2 heterocycles. The molecule has 0 atom stereocenters. The van der Waals surface area contributed by atoms with E-state index in [1.807, 2.05) is 23.6 Å². The highest BCUT2D eigenvalue weighted by Gasteiger charge is 2.42. The molecule has 0 bridgehead atoms. The summed E-state index contributed by atoms with van der Waals surface area (Å²) in [6.45, 7) is 0.697. The average molecular weight is 378 g/mol. The van der Waals surface area contributed by atoms with E-state index in [1.165, 1.54) is 16.2 Å². The third-order valence-corrected chi connectivity index (χ3v) is 5.64. The molecule has 0 spiro atoms. The summed E-state index contributed by atoms with van der Waals surface area (Å²) >= 11 is 1.51. The molecule has 1 saturated heterocycles. The van der Waals surface area contributed by atoms with Crippen LogP contribution in [0, 0.1) is 0 Å². The van der Waals surface area contributed by atoms with Crippen LogP contribution in [-0.4, -0.2) is 43.2 Å². The average Bonchev–Trinajstić information content (AvgIpc) is 3.20. The Morgan fingerprint density at radius 1 is 1.31 bits per heavy atom. The molecule has 3 rings (SSSR count). The first kappa shape index (κ1) is 13.5. The molecule has 0 saturated carbocycles. The summed E-state index contributed by atoms with van der Waals surface area (Å²) < 4.78 is 46.0. The van der Waals surface area contributed by atoms with Crippen molar-refractivity contribution in [1.29, 1.82) is 0 Å². The van der Waals surface area contributed by atoms with E-state index in [0.717, 1.165) is 4.88 Å². The van der Waals surface area contributed by atoms with Crippen molar-refractivity contribution in [1.82, 2.24) is 4.90 Å². The molecular formula is C21H28N2O2S. The standard InChI is InChI=1S/C21H28N2O2S/c1-3-20(24)23(18-8-5-4-6-9-18)21(25-2)12-15-22(16-13-21)14-11-19-10-7-17-26-19/h4-10,17H,3,11-16H2,1-2H3/i2D3,14D2. The van der Waals surface area contributed by atoms with E-state index in [2.05, 4.69) is 0 Å². The zero-order chi connectivity index (χ0) is 22.7. The Hall–Kier alpha value is -1.69. The van der Waals surface area contributed by atoms with Gasteiger partial charge in [-0.1, -0.05) is 31.2 Å². The van der Waals surface area contributed by atoms with Gasteiger partial charge >= 0.3 is 0 Å². The van der Waals surface area contributed by atoms with Crippen molar-refractivity contribution in [3.8, 4) is 0 Å². The minimum atomic E-state index is -2.70. The number of methoxy groups -OCH3 is 1. The van der Waals surface area contributed by atoms with Crippen molar-refractivity contribution in [2.45, 2.75) is 38.3 Å². The summed E-state index contributed by atoms with van der Waals surface area (Å²) in [6, 6.07) is 12.8. The second kappa shape index (κ2) is 8.80.